The predicted octanol–water partition coefficient (Wildman–Crippen LogP) is 5.19. The number of thiazole rings is 1. The van der Waals surface area contributed by atoms with Crippen LogP contribution in [0.4, 0.5) is 11.4 Å². The molecular weight excluding hydrogens is 408 g/mol. The van der Waals surface area contributed by atoms with Gasteiger partial charge in [-0.05, 0) is 36.4 Å². The molecule has 0 atom stereocenters. The maximum absolute atomic E-state index is 11.2. The lowest BCUT2D eigenvalue weighted by Crippen LogP contribution is -2.26. The first kappa shape index (κ1) is 19.2. The van der Waals surface area contributed by atoms with Gasteiger partial charge in [0, 0.05) is 34.3 Å². The largest absolute Gasteiger partial charge is 0.510 e. The second-order valence-corrected chi connectivity index (χ2v) is 7.82. The van der Waals surface area contributed by atoms with Crippen molar-refractivity contribution in [3.8, 4) is 11.3 Å². The molecule has 29 heavy (non-hydrogen) atoms. The molecule has 1 aromatic heterocycles. The minimum Gasteiger partial charge on any atom is -0.510 e. The maximum Gasteiger partial charge on any atom is 0.221 e. The molecule has 1 aliphatic rings. The van der Waals surface area contributed by atoms with Crippen molar-refractivity contribution >= 4 is 51.6 Å². The molecule has 3 aromatic rings. The molecule has 2 aromatic carbocycles. The van der Waals surface area contributed by atoms with Crippen molar-refractivity contribution in [2.24, 2.45) is 0 Å². The number of aromatic nitrogens is 1. The average molecular weight is 425 g/mol. The van der Waals surface area contributed by atoms with Gasteiger partial charge in [0.05, 0.1) is 17.8 Å². The number of nitrogens with zero attached hydrogens (tertiary/aromatic N) is 2. The third kappa shape index (κ3) is 3.87. The Hall–Kier alpha value is -3.16. The lowest BCUT2D eigenvalue weighted by Gasteiger charge is -2.19. The van der Waals surface area contributed by atoms with Crippen LogP contribution in [0, 0.1) is 5.41 Å². The molecule has 1 amide bonds. The number of aliphatic hydroxyl groups is 1. The van der Waals surface area contributed by atoms with E-state index in [4.69, 9.17) is 17.0 Å². The fourth-order valence-electron chi connectivity index (χ4n) is 3.09. The van der Waals surface area contributed by atoms with E-state index in [1.807, 2.05) is 17.5 Å². The van der Waals surface area contributed by atoms with Gasteiger partial charge in [-0.2, -0.15) is 0 Å². The van der Waals surface area contributed by atoms with Gasteiger partial charge in [0.15, 0.2) is 0 Å². The van der Waals surface area contributed by atoms with Gasteiger partial charge < -0.3 is 15.3 Å². The SMILES string of the molecule is CC(=O)Nc1ccc(N2CC(O)=C(c3nc(-c4ccc(Cl)cc4)cs3)C2=N)cc1. The van der Waals surface area contributed by atoms with Crippen LogP contribution in [0.3, 0.4) is 0 Å². The van der Waals surface area contributed by atoms with E-state index in [0.717, 1.165) is 16.9 Å². The first-order chi connectivity index (χ1) is 13.9. The van der Waals surface area contributed by atoms with Gasteiger partial charge in [-0.15, -0.1) is 11.3 Å². The zero-order chi connectivity index (χ0) is 20.5. The molecule has 0 spiro atoms. The molecule has 0 radical (unpaired) electrons. The van der Waals surface area contributed by atoms with Gasteiger partial charge in [0.25, 0.3) is 0 Å². The van der Waals surface area contributed by atoms with Crippen molar-refractivity contribution in [1.29, 1.82) is 5.41 Å². The number of aliphatic hydroxyl groups excluding tert-OH is 1. The molecule has 0 saturated carbocycles. The lowest BCUT2D eigenvalue weighted by atomic mass is 10.2. The number of benzene rings is 2. The molecule has 2 heterocycles. The number of amidine groups is 1. The Balaban J connectivity index is 1.57. The summed E-state index contributed by atoms with van der Waals surface area (Å²) in [6, 6.07) is 14.5. The van der Waals surface area contributed by atoms with Crippen molar-refractivity contribution in [2.75, 3.05) is 16.8 Å². The number of hydrogen-bond donors (Lipinski definition) is 3. The van der Waals surface area contributed by atoms with Crippen LogP contribution in [0.15, 0.2) is 59.7 Å². The number of carbonyl (C=O) groups excluding carboxylic acids is 1. The van der Waals surface area contributed by atoms with E-state index >= 15 is 0 Å². The molecule has 0 bridgehead atoms. The predicted molar refractivity (Wildman–Crippen MR) is 118 cm³/mol. The Morgan fingerprint density at radius 2 is 1.90 bits per heavy atom. The van der Waals surface area contributed by atoms with E-state index in [1.165, 1.54) is 18.3 Å². The summed E-state index contributed by atoms with van der Waals surface area (Å²) >= 11 is 7.33. The van der Waals surface area contributed by atoms with E-state index in [-0.39, 0.29) is 24.0 Å². The summed E-state index contributed by atoms with van der Waals surface area (Å²) in [5.41, 5.74) is 3.55. The second-order valence-electron chi connectivity index (χ2n) is 6.53. The summed E-state index contributed by atoms with van der Waals surface area (Å²) < 4.78 is 0. The van der Waals surface area contributed by atoms with Gasteiger partial charge in [0.2, 0.25) is 5.91 Å². The minimum absolute atomic E-state index is 0.109. The average Bonchev–Trinajstić information content (AvgIpc) is 3.27. The Morgan fingerprint density at radius 1 is 1.21 bits per heavy atom. The van der Waals surface area contributed by atoms with Gasteiger partial charge in [-0.25, -0.2) is 4.98 Å². The smallest absolute Gasteiger partial charge is 0.221 e. The summed E-state index contributed by atoms with van der Waals surface area (Å²) in [7, 11) is 0. The molecule has 0 fully saturated rings. The Bertz CT molecular complexity index is 1120. The van der Waals surface area contributed by atoms with Crippen LogP contribution in [0.25, 0.3) is 16.8 Å². The summed E-state index contributed by atoms with van der Waals surface area (Å²) in [6.07, 6.45) is 0. The van der Waals surface area contributed by atoms with Crippen LogP contribution < -0.4 is 10.2 Å². The molecule has 0 aliphatic carbocycles. The molecule has 1 aliphatic heterocycles. The highest BCUT2D eigenvalue weighted by Gasteiger charge is 2.31. The van der Waals surface area contributed by atoms with Crippen LogP contribution in [-0.4, -0.2) is 28.4 Å². The maximum atomic E-state index is 11.2. The van der Waals surface area contributed by atoms with Crippen molar-refractivity contribution in [3.63, 3.8) is 0 Å². The first-order valence-corrected chi connectivity index (χ1v) is 10.1. The van der Waals surface area contributed by atoms with Crippen LogP contribution in [-0.2, 0) is 4.79 Å². The van der Waals surface area contributed by atoms with Crippen molar-refractivity contribution in [3.05, 3.63) is 69.7 Å². The zero-order valence-electron chi connectivity index (χ0n) is 15.4. The standard InChI is InChI=1S/C21H17ClN4O2S/c1-12(27)24-15-6-8-16(9-7-15)26-10-18(28)19(20(26)23)21-25-17(11-29-21)13-2-4-14(22)5-3-13/h2-9,11,23,28H,10H2,1H3,(H,24,27). The molecule has 3 N–H and O–H groups in total. The van der Waals surface area contributed by atoms with E-state index in [9.17, 15) is 9.90 Å². The third-order valence-corrected chi connectivity index (χ3v) is 5.57. The number of carbonyl (C=O) groups is 1. The fraction of sp³-hybridized carbons (Fsp3) is 0.0952. The van der Waals surface area contributed by atoms with Crippen molar-refractivity contribution < 1.29 is 9.90 Å². The molecule has 146 valence electrons. The molecule has 6 nitrogen and oxygen atoms in total. The highest BCUT2D eigenvalue weighted by molar-refractivity contribution is 7.11. The van der Waals surface area contributed by atoms with Gasteiger partial charge in [0.1, 0.15) is 16.6 Å². The second kappa shape index (κ2) is 7.69. The zero-order valence-corrected chi connectivity index (χ0v) is 17.0. The van der Waals surface area contributed by atoms with E-state index in [2.05, 4.69) is 10.3 Å². The Kier molecular flexibility index (Phi) is 5.08. The monoisotopic (exact) mass is 424 g/mol. The molecular formula is C21H17ClN4O2S. The summed E-state index contributed by atoms with van der Waals surface area (Å²) in [6.45, 7) is 1.65. The number of nitrogens with one attached hydrogen (secondary N) is 2. The summed E-state index contributed by atoms with van der Waals surface area (Å²) in [5, 5.41) is 24.9. The molecule has 0 saturated heterocycles. The highest BCUT2D eigenvalue weighted by Crippen LogP contribution is 2.34. The van der Waals surface area contributed by atoms with Gasteiger partial charge in [-0.3, -0.25) is 10.2 Å². The third-order valence-electron chi connectivity index (χ3n) is 4.46. The van der Waals surface area contributed by atoms with Crippen LogP contribution in [0.1, 0.15) is 11.9 Å². The molecule has 0 unspecified atom stereocenters. The number of rotatable bonds is 4. The number of amides is 1. The fourth-order valence-corrected chi connectivity index (χ4v) is 4.12. The molecule has 8 heteroatoms. The van der Waals surface area contributed by atoms with E-state index in [1.54, 1.807) is 41.3 Å². The Labute approximate surface area is 176 Å². The Morgan fingerprint density at radius 3 is 2.55 bits per heavy atom. The van der Waals surface area contributed by atoms with Crippen LogP contribution >= 0.6 is 22.9 Å². The quantitative estimate of drug-likeness (QED) is 0.537. The highest BCUT2D eigenvalue weighted by atomic mass is 35.5. The summed E-state index contributed by atoms with van der Waals surface area (Å²) in [4.78, 5) is 17.5. The van der Waals surface area contributed by atoms with Crippen molar-refractivity contribution in [1.82, 2.24) is 4.98 Å². The first-order valence-electron chi connectivity index (χ1n) is 8.80. The van der Waals surface area contributed by atoms with Crippen LogP contribution in [0.2, 0.25) is 5.02 Å². The topological polar surface area (TPSA) is 89.3 Å². The number of anilines is 2. The molecule has 4 rings (SSSR count). The number of halogens is 1. The lowest BCUT2D eigenvalue weighted by molar-refractivity contribution is -0.114. The minimum atomic E-state index is -0.145. The van der Waals surface area contributed by atoms with Gasteiger partial charge >= 0.3 is 0 Å². The van der Waals surface area contributed by atoms with Crippen molar-refractivity contribution in [2.45, 2.75) is 6.92 Å². The van der Waals surface area contributed by atoms with E-state index < -0.39 is 0 Å². The van der Waals surface area contributed by atoms with Crippen LogP contribution in [0.5, 0.6) is 0 Å². The number of hydrogen-bond acceptors (Lipinski definition) is 5. The normalized spacial score (nSPS) is 13.9. The summed E-state index contributed by atoms with van der Waals surface area (Å²) in [5.74, 6) is 0.151. The van der Waals surface area contributed by atoms with E-state index in [0.29, 0.717) is 21.3 Å². The van der Waals surface area contributed by atoms with Gasteiger partial charge in [-0.1, -0.05) is 23.7 Å².